The van der Waals surface area contributed by atoms with E-state index in [9.17, 15) is 4.79 Å². The fraction of sp³-hybridized carbons (Fsp3) is 0.176. The van der Waals surface area contributed by atoms with Crippen molar-refractivity contribution in [2.75, 3.05) is 11.1 Å². The maximum atomic E-state index is 12.3. The van der Waals surface area contributed by atoms with Crippen molar-refractivity contribution in [3.8, 4) is 10.7 Å². The molecule has 0 bridgehead atoms. The second-order valence-corrected chi connectivity index (χ2v) is 8.83. The topological polar surface area (TPSA) is 75.6 Å². The first-order chi connectivity index (χ1) is 13.0. The van der Waals surface area contributed by atoms with E-state index < -0.39 is 0 Å². The third-order valence-electron chi connectivity index (χ3n) is 3.50. The van der Waals surface area contributed by atoms with Crippen molar-refractivity contribution in [1.82, 2.24) is 19.7 Å². The monoisotopic (exact) mass is 481 g/mol. The number of aromatic nitrogens is 4. The van der Waals surface area contributed by atoms with Gasteiger partial charge in [-0.25, -0.2) is 4.98 Å². The van der Waals surface area contributed by atoms with Crippen LogP contribution in [-0.2, 0) is 11.3 Å². The van der Waals surface area contributed by atoms with E-state index in [1.54, 1.807) is 6.08 Å². The van der Waals surface area contributed by atoms with Gasteiger partial charge in [-0.05, 0) is 43.4 Å². The Morgan fingerprint density at radius 3 is 2.93 bits per heavy atom. The summed E-state index contributed by atoms with van der Waals surface area (Å²) >= 11 is 11.5. The zero-order valence-electron chi connectivity index (χ0n) is 14.4. The molecule has 140 valence electrons. The highest BCUT2D eigenvalue weighted by molar-refractivity contribution is 9.10. The Balaban J connectivity index is 1.69. The molecule has 2 aromatic heterocycles. The molecule has 1 aromatic carbocycles. The van der Waals surface area contributed by atoms with Gasteiger partial charge >= 0.3 is 0 Å². The van der Waals surface area contributed by atoms with Crippen LogP contribution in [0.15, 0.2) is 46.3 Å². The number of rotatable bonds is 7. The van der Waals surface area contributed by atoms with Gasteiger partial charge in [0, 0.05) is 15.9 Å². The number of aryl methyl sites for hydroxylation is 1. The predicted molar refractivity (Wildman–Crippen MR) is 117 cm³/mol. The Morgan fingerprint density at radius 1 is 1.48 bits per heavy atom. The number of nitrogens with zero attached hydrogens (tertiary/aromatic N) is 3. The van der Waals surface area contributed by atoms with E-state index in [0.29, 0.717) is 28.0 Å². The summed E-state index contributed by atoms with van der Waals surface area (Å²) in [5.41, 5.74) is 0.787. The highest BCUT2D eigenvalue weighted by Gasteiger charge is 2.17. The van der Waals surface area contributed by atoms with E-state index in [1.165, 1.54) is 23.1 Å². The molecule has 0 spiro atoms. The first-order valence-electron chi connectivity index (χ1n) is 7.90. The van der Waals surface area contributed by atoms with Crippen LogP contribution in [0.2, 0.25) is 0 Å². The number of halogens is 1. The summed E-state index contributed by atoms with van der Waals surface area (Å²) in [4.78, 5) is 18.6. The fourth-order valence-electron chi connectivity index (χ4n) is 2.28. The number of anilines is 1. The normalized spacial score (nSPS) is 10.7. The number of thioether (sulfide) groups is 1. The van der Waals surface area contributed by atoms with Crippen LogP contribution in [0.25, 0.3) is 10.7 Å². The van der Waals surface area contributed by atoms with Crippen LogP contribution in [0, 0.1) is 11.7 Å². The van der Waals surface area contributed by atoms with Crippen molar-refractivity contribution in [3.63, 3.8) is 0 Å². The first-order valence-corrected chi connectivity index (χ1v) is 10.9. The second-order valence-electron chi connectivity index (χ2n) is 5.48. The molecule has 3 rings (SSSR count). The Morgan fingerprint density at radius 2 is 2.22 bits per heavy atom. The molecule has 0 aliphatic carbocycles. The van der Waals surface area contributed by atoms with Crippen molar-refractivity contribution in [1.29, 1.82) is 0 Å². The predicted octanol–water partition coefficient (Wildman–Crippen LogP) is 5.05. The van der Waals surface area contributed by atoms with Gasteiger partial charge in [-0.1, -0.05) is 33.3 Å². The maximum Gasteiger partial charge on any atom is 0.236 e. The van der Waals surface area contributed by atoms with Gasteiger partial charge in [0.2, 0.25) is 5.91 Å². The van der Waals surface area contributed by atoms with Crippen molar-refractivity contribution in [3.05, 3.63) is 51.9 Å². The van der Waals surface area contributed by atoms with E-state index in [-0.39, 0.29) is 5.91 Å². The molecule has 27 heavy (non-hydrogen) atoms. The summed E-state index contributed by atoms with van der Waals surface area (Å²) in [7, 11) is 0. The molecule has 0 saturated carbocycles. The molecule has 0 radical (unpaired) electrons. The molecule has 0 aliphatic rings. The summed E-state index contributed by atoms with van der Waals surface area (Å²) in [6.07, 6.45) is 1.76. The number of H-pyrrole nitrogens is 1. The van der Waals surface area contributed by atoms with Gasteiger partial charge in [0.25, 0.3) is 0 Å². The largest absolute Gasteiger partial charge is 0.301 e. The second kappa shape index (κ2) is 8.96. The van der Waals surface area contributed by atoms with Gasteiger partial charge in [0.05, 0.1) is 16.3 Å². The summed E-state index contributed by atoms with van der Waals surface area (Å²) in [6.45, 7) is 6.18. The number of benzene rings is 1. The van der Waals surface area contributed by atoms with E-state index in [2.05, 4.69) is 43.0 Å². The van der Waals surface area contributed by atoms with E-state index in [1.807, 2.05) is 35.8 Å². The molecule has 3 aromatic rings. The number of nitrogens with one attached hydrogen (secondary N) is 2. The summed E-state index contributed by atoms with van der Waals surface area (Å²) < 4.78 is 3.38. The fourth-order valence-corrected chi connectivity index (χ4v) is 4.43. The number of carbonyl (C=O) groups excluding carboxylic acids is 1. The van der Waals surface area contributed by atoms with Crippen LogP contribution in [0.3, 0.4) is 0 Å². The minimum absolute atomic E-state index is 0.104. The van der Waals surface area contributed by atoms with Gasteiger partial charge in [-0.3, -0.25) is 14.5 Å². The van der Waals surface area contributed by atoms with Gasteiger partial charge < -0.3 is 5.32 Å². The molecule has 6 nitrogen and oxygen atoms in total. The average Bonchev–Trinajstić information content (AvgIpc) is 3.17. The van der Waals surface area contributed by atoms with Crippen molar-refractivity contribution >= 4 is 62.3 Å². The third-order valence-corrected chi connectivity index (χ3v) is 6.42. The molecule has 2 N–H and O–H groups in total. The Labute approximate surface area is 178 Å². The molecular weight excluding hydrogens is 466 g/mol. The lowest BCUT2D eigenvalue weighted by Gasteiger charge is -2.02. The molecule has 0 atom stereocenters. The number of aromatic amines is 1. The van der Waals surface area contributed by atoms with Gasteiger partial charge in [0.1, 0.15) is 0 Å². The highest BCUT2D eigenvalue weighted by Crippen LogP contribution is 2.32. The first kappa shape index (κ1) is 20.0. The molecule has 0 aliphatic heterocycles. The van der Waals surface area contributed by atoms with Gasteiger partial charge in [-0.15, -0.1) is 18.3 Å². The van der Waals surface area contributed by atoms with E-state index in [0.717, 1.165) is 19.9 Å². The molecule has 0 fully saturated rings. The molecule has 10 heteroatoms. The van der Waals surface area contributed by atoms with Gasteiger partial charge in [0.15, 0.2) is 15.7 Å². The van der Waals surface area contributed by atoms with Crippen LogP contribution in [0.4, 0.5) is 5.13 Å². The van der Waals surface area contributed by atoms with Gasteiger partial charge in [-0.2, -0.15) is 5.10 Å². The quantitative estimate of drug-likeness (QED) is 0.280. The lowest BCUT2D eigenvalue weighted by atomic mass is 10.4. The standard InChI is InChI=1S/C17H16BrN5OS3/c1-3-8-23-15(21-22-17(23)25)14-10(2)19-16(27-14)20-13(24)9-26-12-6-4-11(18)5-7-12/h3-7H,1,8-9H2,2H3,(H,22,25)(H,19,20,24). The maximum absolute atomic E-state index is 12.3. The smallest absolute Gasteiger partial charge is 0.236 e. The van der Waals surface area contributed by atoms with E-state index in [4.69, 9.17) is 12.2 Å². The van der Waals surface area contributed by atoms with Crippen LogP contribution in [0.5, 0.6) is 0 Å². The van der Waals surface area contributed by atoms with E-state index >= 15 is 0 Å². The summed E-state index contributed by atoms with van der Waals surface area (Å²) in [6, 6.07) is 7.84. The number of amides is 1. The minimum Gasteiger partial charge on any atom is -0.301 e. The number of thiazole rings is 1. The van der Waals surface area contributed by atoms with Crippen LogP contribution in [-0.4, -0.2) is 31.4 Å². The SMILES string of the molecule is C=CCn1c(-c2sc(NC(=O)CSc3ccc(Br)cc3)nc2C)n[nH]c1=S. The van der Waals surface area contributed by atoms with Crippen LogP contribution < -0.4 is 5.32 Å². The lowest BCUT2D eigenvalue weighted by Crippen LogP contribution is -2.13. The van der Waals surface area contributed by atoms with Crippen LogP contribution >= 0.6 is 51.2 Å². The summed E-state index contributed by atoms with van der Waals surface area (Å²) in [5, 5.41) is 10.5. The molecular formula is C17H16BrN5OS3. The number of hydrogen-bond acceptors (Lipinski definition) is 6. The highest BCUT2D eigenvalue weighted by atomic mass is 79.9. The average molecular weight is 482 g/mol. The minimum atomic E-state index is -0.104. The zero-order valence-corrected chi connectivity index (χ0v) is 18.4. The molecule has 0 unspecified atom stereocenters. The van der Waals surface area contributed by atoms with Crippen molar-refractivity contribution < 1.29 is 4.79 Å². The Kier molecular flexibility index (Phi) is 6.64. The number of allylic oxidation sites excluding steroid dienone is 1. The lowest BCUT2D eigenvalue weighted by molar-refractivity contribution is -0.113. The number of carbonyl (C=O) groups is 1. The Bertz CT molecular complexity index is 1020. The number of hydrogen-bond donors (Lipinski definition) is 2. The summed E-state index contributed by atoms with van der Waals surface area (Å²) in [5.74, 6) is 0.901. The van der Waals surface area contributed by atoms with Crippen molar-refractivity contribution in [2.24, 2.45) is 0 Å². The molecule has 0 saturated heterocycles. The van der Waals surface area contributed by atoms with Crippen LogP contribution in [0.1, 0.15) is 5.69 Å². The third kappa shape index (κ3) is 4.95. The van der Waals surface area contributed by atoms with Crippen molar-refractivity contribution in [2.45, 2.75) is 18.4 Å². The Hall–Kier alpha value is -1.75. The molecule has 1 amide bonds. The molecule has 2 heterocycles. The zero-order chi connectivity index (χ0) is 19.4.